The van der Waals surface area contributed by atoms with Gasteiger partial charge in [0.15, 0.2) is 16.5 Å². The van der Waals surface area contributed by atoms with Crippen molar-refractivity contribution in [2.75, 3.05) is 25.1 Å². The Morgan fingerprint density at radius 2 is 1.67 bits per heavy atom. The third-order valence-corrected chi connectivity index (χ3v) is 5.54. The van der Waals surface area contributed by atoms with Gasteiger partial charge in [0.2, 0.25) is 5.75 Å². The number of carbonyl (C=O) groups excluding carboxylic acids is 1. The van der Waals surface area contributed by atoms with E-state index in [-0.39, 0.29) is 11.7 Å². The van der Waals surface area contributed by atoms with Gasteiger partial charge in [-0.25, -0.2) is 9.37 Å². The van der Waals surface area contributed by atoms with Crippen molar-refractivity contribution in [2.45, 2.75) is 20.8 Å². The summed E-state index contributed by atoms with van der Waals surface area (Å²) in [5.41, 5.74) is 1.59. The number of hydrogen-bond donors (Lipinski definition) is 1. The van der Waals surface area contributed by atoms with E-state index >= 15 is 0 Å². The van der Waals surface area contributed by atoms with Crippen LogP contribution in [0.3, 0.4) is 0 Å². The van der Waals surface area contributed by atoms with Crippen LogP contribution in [0.4, 0.5) is 10.2 Å². The second-order valence-corrected chi connectivity index (χ2v) is 7.80. The molecule has 1 amide bonds. The lowest BCUT2D eigenvalue weighted by Gasteiger charge is -2.17. The summed E-state index contributed by atoms with van der Waals surface area (Å²) >= 11 is 1.44. The van der Waals surface area contributed by atoms with E-state index in [2.05, 4.69) is 10.3 Å². The summed E-state index contributed by atoms with van der Waals surface area (Å²) in [5.74, 6) is 1.12. The summed E-state index contributed by atoms with van der Waals surface area (Å²) < 4.78 is 32.4. The molecule has 0 aliphatic rings. The molecule has 0 fully saturated rings. The molecule has 2 heterocycles. The molecule has 2 aromatic heterocycles. The molecular weight excluding hydrogens is 445 g/mol. The number of hydrogen-bond acceptors (Lipinski definition) is 6. The van der Waals surface area contributed by atoms with Crippen molar-refractivity contribution in [2.24, 2.45) is 0 Å². The van der Waals surface area contributed by atoms with Crippen LogP contribution < -0.4 is 19.5 Å². The summed E-state index contributed by atoms with van der Waals surface area (Å²) in [6, 6.07) is 9.27. The third-order valence-electron chi connectivity index (χ3n) is 4.78. The zero-order chi connectivity index (χ0) is 23.4. The molecule has 0 radical (unpaired) electrons. The first-order valence-corrected chi connectivity index (χ1v) is 11.5. The first kappa shape index (κ1) is 22.6. The fourth-order valence-electron chi connectivity index (χ4n) is 3.41. The molecular formula is C24H24FN3O4S. The molecule has 1 N–H and O–H groups in total. The minimum Gasteiger partial charge on any atom is -0.490 e. The average molecular weight is 470 g/mol. The topological polar surface area (TPSA) is 74.1 Å². The smallest absolute Gasteiger partial charge is 0.257 e. The Hall–Kier alpha value is -3.59. The summed E-state index contributed by atoms with van der Waals surface area (Å²) in [4.78, 5) is 18.7. The molecule has 2 aromatic carbocycles. The van der Waals surface area contributed by atoms with Crippen molar-refractivity contribution in [3.8, 4) is 28.5 Å². The number of benzene rings is 2. The van der Waals surface area contributed by atoms with E-state index in [9.17, 15) is 9.18 Å². The number of thiazole rings is 1. The first-order chi connectivity index (χ1) is 16.0. The Labute approximate surface area is 194 Å². The molecule has 0 saturated carbocycles. The van der Waals surface area contributed by atoms with Crippen molar-refractivity contribution in [1.29, 1.82) is 0 Å². The highest BCUT2D eigenvalue weighted by atomic mass is 32.1. The van der Waals surface area contributed by atoms with Crippen LogP contribution in [0.15, 0.2) is 48.0 Å². The van der Waals surface area contributed by atoms with Crippen LogP contribution in [0.2, 0.25) is 0 Å². The molecule has 7 nitrogen and oxygen atoms in total. The maximum Gasteiger partial charge on any atom is 0.257 e. The minimum absolute atomic E-state index is 0.341. The quantitative estimate of drug-likeness (QED) is 0.343. The number of fused-ring (bicyclic) bond motifs is 1. The van der Waals surface area contributed by atoms with Crippen LogP contribution in [0, 0.1) is 5.82 Å². The number of imidazole rings is 1. The van der Waals surface area contributed by atoms with Crippen LogP contribution in [0.5, 0.6) is 17.2 Å². The van der Waals surface area contributed by atoms with Crippen molar-refractivity contribution in [3.63, 3.8) is 0 Å². The second kappa shape index (κ2) is 9.91. The van der Waals surface area contributed by atoms with Crippen molar-refractivity contribution < 1.29 is 23.4 Å². The van der Waals surface area contributed by atoms with Gasteiger partial charge in [-0.15, -0.1) is 11.3 Å². The van der Waals surface area contributed by atoms with Gasteiger partial charge in [-0.05, 0) is 57.2 Å². The van der Waals surface area contributed by atoms with Gasteiger partial charge in [0, 0.05) is 22.7 Å². The normalized spacial score (nSPS) is 10.9. The van der Waals surface area contributed by atoms with Crippen LogP contribution in [-0.4, -0.2) is 35.1 Å². The molecule has 0 saturated heterocycles. The maximum atomic E-state index is 13.4. The molecule has 9 heteroatoms. The lowest BCUT2D eigenvalue weighted by Crippen LogP contribution is -2.15. The molecule has 0 aliphatic carbocycles. The molecule has 0 bridgehead atoms. The van der Waals surface area contributed by atoms with Gasteiger partial charge in [0.1, 0.15) is 17.3 Å². The van der Waals surface area contributed by atoms with Gasteiger partial charge in [-0.3, -0.25) is 9.20 Å². The van der Waals surface area contributed by atoms with E-state index in [4.69, 9.17) is 14.2 Å². The summed E-state index contributed by atoms with van der Waals surface area (Å²) in [6.07, 6.45) is 1.82. The number of amides is 1. The standard InChI is InChI=1S/C24H24FN3O4S/c1-4-30-18-13-16(14-19(31-5-2)21(18)32-6-3)23(29)27-22-20(15-7-9-17(25)10-8-15)26-24-28(22)11-12-33-24/h7-14H,4-6H2,1-3H3,(H,27,29). The lowest BCUT2D eigenvalue weighted by molar-refractivity contribution is 0.102. The maximum absolute atomic E-state index is 13.4. The highest BCUT2D eigenvalue weighted by Crippen LogP contribution is 2.39. The SMILES string of the molecule is CCOc1cc(C(=O)Nc2c(-c3ccc(F)cc3)nc3sccn23)cc(OCC)c1OCC. The third kappa shape index (κ3) is 4.63. The number of nitrogens with one attached hydrogen (secondary N) is 1. The highest BCUT2D eigenvalue weighted by molar-refractivity contribution is 7.15. The number of halogens is 1. The molecule has 0 aliphatic heterocycles. The predicted octanol–water partition coefficient (Wildman–Crippen LogP) is 5.65. The van der Waals surface area contributed by atoms with Crippen LogP contribution in [0.1, 0.15) is 31.1 Å². The molecule has 0 atom stereocenters. The van der Waals surface area contributed by atoms with Gasteiger partial charge in [-0.1, -0.05) is 0 Å². The average Bonchev–Trinajstić information content (AvgIpc) is 3.39. The lowest BCUT2D eigenvalue weighted by atomic mass is 10.1. The summed E-state index contributed by atoms with van der Waals surface area (Å²) in [6.45, 7) is 6.83. The minimum atomic E-state index is -0.365. The molecule has 4 aromatic rings. The highest BCUT2D eigenvalue weighted by Gasteiger charge is 2.22. The van der Waals surface area contributed by atoms with E-state index in [1.807, 2.05) is 32.3 Å². The van der Waals surface area contributed by atoms with Crippen molar-refractivity contribution in [3.05, 3.63) is 59.4 Å². The van der Waals surface area contributed by atoms with Crippen molar-refractivity contribution in [1.82, 2.24) is 9.38 Å². The van der Waals surface area contributed by atoms with E-state index in [0.29, 0.717) is 64.7 Å². The van der Waals surface area contributed by atoms with Gasteiger partial charge in [-0.2, -0.15) is 0 Å². The number of ether oxygens (including phenoxy) is 3. The number of rotatable bonds is 9. The number of anilines is 1. The first-order valence-electron chi connectivity index (χ1n) is 10.6. The number of carbonyl (C=O) groups is 1. The van der Waals surface area contributed by atoms with E-state index < -0.39 is 0 Å². The number of nitrogens with zero attached hydrogens (tertiary/aromatic N) is 2. The van der Waals surface area contributed by atoms with Gasteiger partial charge >= 0.3 is 0 Å². The van der Waals surface area contributed by atoms with E-state index in [1.54, 1.807) is 28.7 Å². The summed E-state index contributed by atoms with van der Waals surface area (Å²) in [5, 5.41) is 4.84. The molecule has 172 valence electrons. The zero-order valence-corrected chi connectivity index (χ0v) is 19.4. The monoisotopic (exact) mass is 469 g/mol. The molecule has 0 spiro atoms. The Balaban J connectivity index is 1.75. The Morgan fingerprint density at radius 3 is 2.27 bits per heavy atom. The Bertz CT molecular complexity index is 1240. The fraction of sp³-hybridized carbons (Fsp3) is 0.250. The van der Waals surface area contributed by atoms with Crippen LogP contribution in [-0.2, 0) is 0 Å². The van der Waals surface area contributed by atoms with Gasteiger partial charge < -0.3 is 19.5 Å². The summed E-state index contributed by atoms with van der Waals surface area (Å²) in [7, 11) is 0. The van der Waals surface area contributed by atoms with Crippen molar-refractivity contribution >= 4 is 28.0 Å². The van der Waals surface area contributed by atoms with E-state index in [0.717, 1.165) is 0 Å². The Kier molecular flexibility index (Phi) is 6.79. The van der Waals surface area contributed by atoms with Gasteiger partial charge in [0.05, 0.1) is 19.8 Å². The zero-order valence-electron chi connectivity index (χ0n) is 18.6. The fourth-order valence-corrected chi connectivity index (χ4v) is 4.13. The van der Waals surface area contributed by atoms with Gasteiger partial charge in [0.25, 0.3) is 5.91 Å². The molecule has 0 unspecified atom stereocenters. The number of aromatic nitrogens is 2. The second-order valence-electron chi connectivity index (χ2n) is 6.93. The van der Waals surface area contributed by atoms with Crippen LogP contribution >= 0.6 is 11.3 Å². The predicted molar refractivity (Wildman–Crippen MR) is 126 cm³/mol. The molecule has 33 heavy (non-hydrogen) atoms. The molecule has 4 rings (SSSR count). The van der Waals surface area contributed by atoms with E-state index in [1.165, 1.54) is 23.5 Å². The Morgan fingerprint density at radius 1 is 1.03 bits per heavy atom. The van der Waals surface area contributed by atoms with Crippen LogP contribution in [0.25, 0.3) is 16.2 Å². The largest absolute Gasteiger partial charge is 0.490 e.